The molecular weight excluding hydrogens is 236 g/mol. The molecule has 1 fully saturated rings. The van der Waals surface area contributed by atoms with Gasteiger partial charge in [0.2, 0.25) is 0 Å². The van der Waals surface area contributed by atoms with Gasteiger partial charge in [-0.3, -0.25) is 0 Å². The molecule has 1 aromatic rings. The van der Waals surface area contributed by atoms with E-state index >= 15 is 0 Å². The lowest BCUT2D eigenvalue weighted by Crippen LogP contribution is -2.54. The Morgan fingerprint density at radius 1 is 1.37 bits per heavy atom. The number of hydrogen-bond donors (Lipinski definition) is 2. The predicted molar refractivity (Wildman–Crippen MR) is 77.2 cm³/mol. The van der Waals surface area contributed by atoms with Crippen molar-refractivity contribution in [3.8, 4) is 0 Å². The van der Waals surface area contributed by atoms with Gasteiger partial charge in [0.1, 0.15) is 0 Å². The van der Waals surface area contributed by atoms with Crippen molar-refractivity contribution in [2.75, 3.05) is 19.8 Å². The van der Waals surface area contributed by atoms with E-state index in [0.29, 0.717) is 6.04 Å². The minimum Gasteiger partial charge on any atom is -0.380 e. The molecule has 2 aliphatic rings. The molecule has 0 saturated carbocycles. The quantitative estimate of drug-likeness (QED) is 0.870. The molecule has 19 heavy (non-hydrogen) atoms. The molecular formula is C16H24N2O. The van der Waals surface area contributed by atoms with Crippen LogP contribution in [-0.4, -0.2) is 31.3 Å². The molecule has 0 aliphatic carbocycles. The Bertz CT molecular complexity index is 427. The van der Waals surface area contributed by atoms with E-state index in [1.807, 2.05) is 0 Å². The van der Waals surface area contributed by atoms with Gasteiger partial charge in [-0.25, -0.2) is 0 Å². The minimum absolute atomic E-state index is 0.164. The van der Waals surface area contributed by atoms with Gasteiger partial charge in [0.25, 0.3) is 0 Å². The van der Waals surface area contributed by atoms with Crippen LogP contribution in [0.5, 0.6) is 0 Å². The zero-order valence-electron chi connectivity index (χ0n) is 11.7. The fourth-order valence-corrected chi connectivity index (χ4v) is 3.11. The average Bonchev–Trinajstić information content (AvgIpc) is 2.46. The van der Waals surface area contributed by atoms with Crippen molar-refractivity contribution >= 4 is 0 Å². The molecule has 0 bridgehead atoms. The Balaban J connectivity index is 1.54. The number of fused-ring (bicyclic) bond motifs is 1. The van der Waals surface area contributed by atoms with Crippen LogP contribution in [0, 0.1) is 0 Å². The van der Waals surface area contributed by atoms with Crippen LogP contribution in [0.1, 0.15) is 30.9 Å². The summed E-state index contributed by atoms with van der Waals surface area (Å²) in [4.78, 5) is 0. The lowest BCUT2D eigenvalue weighted by atomic mass is 9.92. The van der Waals surface area contributed by atoms with Crippen molar-refractivity contribution < 1.29 is 4.74 Å². The zero-order valence-corrected chi connectivity index (χ0v) is 11.7. The van der Waals surface area contributed by atoms with E-state index in [4.69, 9.17) is 4.74 Å². The van der Waals surface area contributed by atoms with Crippen LogP contribution in [0.2, 0.25) is 0 Å². The Morgan fingerprint density at radius 2 is 2.21 bits per heavy atom. The molecule has 2 N–H and O–H groups in total. The normalized spacial score (nSPS) is 30.9. The fourth-order valence-electron chi connectivity index (χ4n) is 3.11. The third kappa shape index (κ3) is 3.16. The monoisotopic (exact) mass is 260 g/mol. The highest BCUT2D eigenvalue weighted by molar-refractivity contribution is 5.29. The standard InChI is InChI=1S/C16H24N2O/c1-16(7-4-8-19-12-16)18-11-15-9-13-5-2-3-6-14(13)10-17-15/h2-3,5-6,15,17-18H,4,7-12H2,1H3. The van der Waals surface area contributed by atoms with Crippen LogP contribution in [0.3, 0.4) is 0 Å². The number of ether oxygens (including phenoxy) is 1. The van der Waals surface area contributed by atoms with E-state index in [1.165, 1.54) is 24.0 Å². The smallest absolute Gasteiger partial charge is 0.0645 e. The first kappa shape index (κ1) is 13.1. The van der Waals surface area contributed by atoms with E-state index in [0.717, 1.165) is 32.7 Å². The summed E-state index contributed by atoms with van der Waals surface area (Å²) in [5.74, 6) is 0. The van der Waals surface area contributed by atoms with Crippen molar-refractivity contribution in [2.24, 2.45) is 0 Å². The molecule has 1 aromatic carbocycles. The summed E-state index contributed by atoms with van der Waals surface area (Å²) in [6, 6.07) is 9.29. The van der Waals surface area contributed by atoms with Gasteiger partial charge in [-0.2, -0.15) is 0 Å². The van der Waals surface area contributed by atoms with Crippen molar-refractivity contribution in [1.82, 2.24) is 10.6 Å². The first-order chi connectivity index (χ1) is 9.25. The van der Waals surface area contributed by atoms with Gasteiger partial charge in [-0.05, 0) is 37.3 Å². The molecule has 0 amide bonds. The summed E-state index contributed by atoms with van der Waals surface area (Å²) in [5, 5.41) is 7.34. The molecule has 3 rings (SSSR count). The minimum atomic E-state index is 0.164. The van der Waals surface area contributed by atoms with E-state index in [2.05, 4.69) is 41.8 Å². The number of rotatable bonds is 3. The van der Waals surface area contributed by atoms with Gasteiger partial charge in [0.05, 0.1) is 6.61 Å². The molecule has 2 heterocycles. The molecule has 0 radical (unpaired) electrons. The molecule has 2 atom stereocenters. The van der Waals surface area contributed by atoms with Crippen LogP contribution in [-0.2, 0) is 17.7 Å². The molecule has 2 unspecified atom stereocenters. The molecule has 1 saturated heterocycles. The number of benzene rings is 1. The van der Waals surface area contributed by atoms with E-state index < -0.39 is 0 Å². The second-order valence-corrected chi connectivity index (χ2v) is 6.15. The molecule has 2 aliphatic heterocycles. The van der Waals surface area contributed by atoms with Crippen LogP contribution in [0.25, 0.3) is 0 Å². The summed E-state index contributed by atoms with van der Waals surface area (Å²) in [6.07, 6.45) is 3.51. The Morgan fingerprint density at radius 3 is 3.00 bits per heavy atom. The van der Waals surface area contributed by atoms with Crippen LogP contribution >= 0.6 is 0 Å². The van der Waals surface area contributed by atoms with Gasteiger partial charge in [0.15, 0.2) is 0 Å². The maximum atomic E-state index is 5.60. The highest BCUT2D eigenvalue weighted by Gasteiger charge is 2.28. The second-order valence-electron chi connectivity index (χ2n) is 6.15. The summed E-state index contributed by atoms with van der Waals surface area (Å²) in [6.45, 7) is 6.06. The molecule has 104 valence electrons. The first-order valence-corrected chi connectivity index (χ1v) is 7.38. The third-order valence-corrected chi connectivity index (χ3v) is 4.38. The topological polar surface area (TPSA) is 33.3 Å². The zero-order chi connectivity index (χ0) is 13.1. The predicted octanol–water partition coefficient (Wildman–Crippen LogP) is 1.86. The van der Waals surface area contributed by atoms with Crippen molar-refractivity contribution in [3.63, 3.8) is 0 Å². The Hall–Kier alpha value is -0.900. The summed E-state index contributed by atoms with van der Waals surface area (Å²) in [5.41, 5.74) is 3.11. The second kappa shape index (κ2) is 5.61. The van der Waals surface area contributed by atoms with Gasteiger partial charge < -0.3 is 15.4 Å². The summed E-state index contributed by atoms with van der Waals surface area (Å²) < 4.78 is 5.60. The van der Waals surface area contributed by atoms with Crippen molar-refractivity contribution in [1.29, 1.82) is 0 Å². The van der Waals surface area contributed by atoms with Gasteiger partial charge in [-0.15, -0.1) is 0 Å². The van der Waals surface area contributed by atoms with Crippen molar-refractivity contribution in [2.45, 2.75) is 44.3 Å². The molecule has 0 aromatic heterocycles. The summed E-state index contributed by atoms with van der Waals surface area (Å²) >= 11 is 0. The van der Waals surface area contributed by atoms with E-state index in [1.54, 1.807) is 0 Å². The summed E-state index contributed by atoms with van der Waals surface area (Å²) in [7, 11) is 0. The van der Waals surface area contributed by atoms with E-state index in [-0.39, 0.29) is 5.54 Å². The number of nitrogens with one attached hydrogen (secondary N) is 2. The fraction of sp³-hybridized carbons (Fsp3) is 0.625. The highest BCUT2D eigenvalue weighted by atomic mass is 16.5. The first-order valence-electron chi connectivity index (χ1n) is 7.38. The van der Waals surface area contributed by atoms with Gasteiger partial charge in [-0.1, -0.05) is 24.3 Å². The van der Waals surface area contributed by atoms with Crippen LogP contribution in [0.4, 0.5) is 0 Å². The maximum Gasteiger partial charge on any atom is 0.0645 e. The Kier molecular flexibility index (Phi) is 3.87. The molecule has 0 spiro atoms. The molecule has 3 heteroatoms. The lowest BCUT2D eigenvalue weighted by Gasteiger charge is -2.37. The van der Waals surface area contributed by atoms with Crippen molar-refractivity contribution in [3.05, 3.63) is 35.4 Å². The third-order valence-electron chi connectivity index (χ3n) is 4.38. The lowest BCUT2D eigenvalue weighted by molar-refractivity contribution is 0.0275. The maximum absolute atomic E-state index is 5.60. The highest BCUT2D eigenvalue weighted by Crippen LogP contribution is 2.20. The van der Waals surface area contributed by atoms with E-state index in [9.17, 15) is 0 Å². The largest absolute Gasteiger partial charge is 0.380 e. The molecule has 3 nitrogen and oxygen atoms in total. The number of hydrogen-bond acceptors (Lipinski definition) is 3. The van der Waals surface area contributed by atoms with Gasteiger partial charge >= 0.3 is 0 Å². The van der Waals surface area contributed by atoms with Gasteiger partial charge in [0, 0.05) is 31.3 Å². The average molecular weight is 260 g/mol. The Labute approximate surface area is 115 Å². The SMILES string of the molecule is CC1(NCC2Cc3ccccc3CN2)CCCOC1. The van der Waals surface area contributed by atoms with Crippen LogP contribution < -0.4 is 10.6 Å². The van der Waals surface area contributed by atoms with Crippen LogP contribution in [0.15, 0.2) is 24.3 Å².